The predicted molar refractivity (Wildman–Crippen MR) is 87.5 cm³/mol. The van der Waals surface area contributed by atoms with E-state index in [1.165, 1.54) is 11.8 Å². The predicted octanol–water partition coefficient (Wildman–Crippen LogP) is 2.44. The van der Waals surface area contributed by atoms with Crippen LogP contribution in [0.2, 0.25) is 5.02 Å². The summed E-state index contributed by atoms with van der Waals surface area (Å²) in [7, 11) is -2.95. The van der Waals surface area contributed by atoms with E-state index in [1.807, 2.05) is 31.2 Å². The molecule has 1 fully saturated rings. The minimum absolute atomic E-state index is 0.0656. The van der Waals surface area contributed by atoms with Gasteiger partial charge in [-0.05, 0) is 31.0 Å². The summed E-state index contributed by atoms with van der Waals surface area (Å²) in [5, 5.41) is 3.66. The molecule has 0 radical (unpaired) electrons. The van der Waals surface area contributed by atoms with Crippen molar-refractivity contribution < 1.29 is 13.2 Å². The third-order valence-corrected chi connectivity index (χ3v) is 6.62. The van der Waals surface area contributed by atoms with E-state index in [9.17, 15) is 13.2 Å². The van der Waals surface area contributed by atoms with Gasteiger partial charge in [0, 0.05) is 16.3 Å². The smallest absolute Gasteiger partial charge is 0.230 e. The lowest BCUT2D eigenvalue weighted by molar-refractivity contribution is -0.119. The maximum absolute atomic E-state index is 11.9. The summed E-state index contributed by atoms with van der Waals surface area (Å²) in [6.07, 6.45) is 0.519. The van der Waals surface area contributed by atoms with Crippen molar-refractivity contribution in [1.82, 2.24) is 5.32 Å². The van der Waals surface area contributed by atoms with E-state index < -0.39 is 9.84 Å². The van der Waals surface area contributed by atoms with Gasteiger partial charge in [-0.2, -0.15) is 0 Å². The van der Waals surface area contributed by atoms with Crippen LogP contribution in [0.25, 0.3) is 0 Å². The second kappa shape index (κ2) is 7.03. The molecule has 0 unspecified atom stereocenters. The Kier molecular flexibility index (Phi) is 5.57. The maximum Gasteiger partial charge on any atom is 0.230 e. The van der Waals surface area contributed by atoms with E-state index in [4.69, 9.17) is 11.6 Å². The zero-order chi connectivity index (χ0) is 15.5. The van der Waals surface area contributed by atoms with Crippen LogP contribution in [0.1, 0.15) is 24.2 Å². The molecule has 0 aliphatic carbocycles. The van der Waals surface area contributed by atoms with Crippen LogP contribution in [0.15, 0.2) is 24.3 Å². The number of thioether (sulfide) groups is 1. The van der Waals surface area contributed by atoms with Gasteiger partial charge < -0.3 is 5.32 Å². The van der Waals surface area contributed by atoms with Crippen LogP contribution in [0.5, 0.6) is 0 Å². The highest BCUT2D eigenvalue weighted by Gasteiger charge is 2.28. The normalized spacial score (nSPS) is 21.9. The number of carbonyl (C=O) groups is 1. The molecule has 21 heavy (non-hydrogen) atoms. The molecule has 1 amide bonds. The summed E-state index contributed by atoms with van der Waals surface area (Å²) in [6, 6.07) is 7.33. The minimum atomic E-state index is -2.95. The first-order chi connectivity index (χ1) is 9.85. The van der Waals surface area contributed by atoms with E-state index in [0.717, 1.165) is 5.56 Å². The number of benzene rings is 1. The largest absolute Gasteiger partial charge is 0.352 e. The third kappa shape index (κ3) is 5.20. The molecule has 1 N–H and O–H groups in total. The van der Waals surface area contributed by atoms with Crippen molar-refractivity contribution in [3.63, 3.8) is 0 Å². The summed E-state index contributed by atoms with van der Waals surface area (Å²) in [6.45, 7) is 2.03. The van der Waals surface area contributed by atoms with Gasteiger partial charge in [0.05, 0.1) is 17.3 Å². The molecule has 1 aliphatic rings. The molecular formula is C14H18ClNO3S2. The van der Waals surface area contributed by atoms with Crippen LogP contribution in [0.4, 0.5) is 0 Å². The Labute approximate surface area is 134 Å². The van der Waals surface area contributed by atoms with E-state index in [2.05, 4.69) is 5.32 Å². The summed E-state index contributed by atoms with van der Waals surface area (Å²) in [5.74, 6) is 0.450. The number of hydrogen-bond donors (Lipinski definition) is 1. The number of rotatable bonds is 5. The molecule has 1 aromatic carbocycles. The average molecular weight is 348 g/mol. The van der Waals surface area contributed by atoms with Crippen LogP contribution in [-0.2, 0) is 14.6 Å². The van der Waals surface area contributed by atoms with Gasteiger partial charge in [0.2, 0.25) is 5.91 Å². The van der Waals surface area contributed by atoms with Crippen molar-refractivity contribution in [2.75, 3.05) is 17.3 Å². The van der Waals surface area contributed by atoms with Crippen molar-refractivity contribution in [2.45, 2.75) is 24.6 Å². The molecule has 2 rings (SSSR count). The van der Waals surface area contributed by atoms with Gasteiger partial charge in [-0.25, -0.2) is 8.42 Å². The molecule has 0 bridgehead atoms. The van der Waals surface area contributed by atoms with Crippen LogP contribution < -0.4 is 5.32 Å². The highest BCUT2D eigenvalue weighted by molar-refractivity contribution is 8.00. The zero-order valence-corrected chi connectivity index (χ0v) is 14.1. The summed E-state index contributed by atoms with van der Waals surface area (Å²) in [4.78, 5) is 11.9. The summed E-state index contributed by atoms with van der Waals surface area (Å²) in [5.41, 5.74) is 1.11. The Bertz CT molecular complexity index is 601. The lowest BCUT2D eigenvalue weighted by Gasteiger charge is -2.14. The van der Waals surface area contributed by atoms with Crippen LogP contribution >= 0.6 is 23.4 Å². The van der Waals surface area contributed by atoms with Gasteiger partial charge in [0.1, 0.15) is 0 Å². The molecule has 7 heteroatoms. The monoisotopic (exact) mass is 347 g/mol. The van der Waals surface area contributed by atoms with Crippen molar-refractivity contribution in [3.8, 4) is 0 Å². The Morgan fingerprint density at radius 2 is 2.10 bits per heavy atom. The second-order valence-corrected chi connectivity index (χ2v) is 9.17. The maximum atomic E-state index is 11.9. The molecule has 0 saturated carbocycles. The summed E-state index contributed by atoms with van der Waals surface area (Å²) < 4.78 is 22.7. The molecule has 2 atom stereocenters. The first kappa shape index (κ1) is 16.6. The van der Waals surface area contributed by atoms with Crippen molar-refractivity contribution in [1.29, 1.82) is 0 Å². The first-order valence-electron chi connectivity index (χ1n) is 6.72. The Morgan fingerprint density at radius 1 is 1.43 bits per heavy atom. The minimum Gasteiger partial charge on any atom is -0.352 e. The topological polar surface area (TPSA) is 63.2 Å². The van der Waals surface area contributed by atoms with Crippen LogP contribution in [0, 0.1) is 0 Å². The van der Waals surface area contributed by atoms with Gasteiger partial charge in [-0.3, -0.25) is 4.79 Å². The molecule has 4 nitrogen and oxygen atoms in total. The van der Waals surface area contributed by atoms with Crippen LogP contribution in [0.3, 0.4) is 0 Å². The SMILES string of the molecule is C[C@H](SCC(=O)N[C@@H]1CCS(=O)(=O)C1)c1ccc(Cl)cc1. The van der Waals surface area contributed by atoms with Gasteiger partial charge in [-0.1, -0.05) is 23.7 Å². The van der Waals surface area contributed by atoms with Gasteiger partial charge >= 0.3 is 0 Å². The summed E-state index contributed by atoms with van der Waals surface area (Å²) >= 11 is 7.36. The first-order valence-corrected chi connectivity index (χ1v) is 9.97. The third-order valence-electron chi connectivity index (χ3n) is 3.40. The fraction of sp³-hybridized carbons (Fsp3) is 0.500. The molecule has 0 aromatic heterocycles. The number of nitrogens with one attached hydrogen (secondary N) is 1. The number of carbonyl (C=O) groups excluding carboxylic acids is 1. The Hall–Kier alpha value is -0.720. The lowest BCUT2D eigenvalue weighted by atomic mass is 10.2. The zero-order valence-electron chi connectivity index (χ0n) is 11.7. The standard InChI is InChI=1S/C14H18ClNO3S2/c1-10(11-2-4-12(15)5-3-11)20-8-14(17)16-13-6-7-21(18,19)9-13/h2-5,10,13H,6-9H2,1H3,(H,16,17)/t10-,13+/m0/s1. The fourth-order valence-corrected chi connectivity index (χ4v) is 4.84. The van der Waals surface area contributed by atoms with Crippen molar-refractivity contribution in [3.05, 3.63) is 34.9 Å². The number of sulfone groups is 1. The van der Waals surface area contributed by atoms with E-state index in [-0.39, 0.29) is 28.7 Å². The molecule has 0 spiro atoms. The van der Waals surface area contributed by atoms with Gasteiger partial charge in [0.25, 0.3) is 0 Å². The molecule has 1 aliphatic heterocycles. The molecular weight excluding hydrogens is 330 g/mol. The van der Waals surface area contributed by atoms with Gasteiger partial charge in [-0.15, -0.1) is 11.8 Å². The van der Waals surface area contributed by atoms with E-state index in [1.54, 1.807) is 0 Å². The lowest BCUT2D eigenvalue weighted by Crippen LogP contribution is -2.36. The molecule has 116 valence electrons. The fourth-order valence-electron chi connectivity index (χ4n) is 2.21. The van der Waals surface area contributed by atoms with E-state index in [0.29, 0.717) is 17.2 Å². The van der Waals surface area contributed by atoms with E-state index >= 15 is 0 Å². The Balaban J connectivity index is 1.77. The molecule has 1 heterocycles. The quantitative estimate of drug-likeness (QED) is 0.888. The highest BCUT2D eigenvalue weighted by atomic mass is 35.5. The molecule has 1 aromatic rings. The average Bonchev–Trinajstić information content (AvgIpc) is 2.76. The van der Waals surface area contributed by atoms with Crippen molar-refractivity contribution >= 4 is 39.1 Å². The molecule has 1 saturated heterocycles. The number of amides is 1. The highest BCUT2D eigenvalue weighted by Crippen LogP contribution is 2.28. The Morgan fingerprint density at radius 3 is 2.67 bits per heavy atom. The number of hydrogen-bond acceptors (Lipinski definition) is 4. The second-order valence-electron chi connectivity index (χ2n) is 5.17. The van der Waals surface area contributed by atoms with Gasteiger partial charge in [0.15, 0.2) is 9.84 Å². The van der Waals surface area contributed by atoms with Crippen LogP contribution in [-0.4, -0.2) is 37.6 Å². The van der Waals surface area contributed by atoms with Crippen molar-refractivity contribution in [2.24, 2.45) is 0 Å². The number of halogens is 1.